The number of allylic oxidation sites excluding steroid dienone is 2. The summed E-state index contributed by atoms with van der Waals surface area (Å²) >= 11 is 43.3. The Balaban J connectivity index is 1.99. The van der Waals surface area contributed by atoms with E-state index in [1.54, 1.807) is 0 Å². The van der Waals surface area contributed by atoms with Crippen LogP contribution in [0.5, 0.6) is 0 Å². The average Bonchev–Trinajstić information content (AvgIpc) is 2.95. The summed E-state index contributed by atoms with van der Waals surface area (Å²) in [5.41, 5.74) is 0. The Bertz CT molecular complexity index is 518. The molecule has 106 valence electrons. The van der Waals surface area contributed by atoms with Crippen molar-refractivity contribution in [3.8, 4) is 0 Å². The van der Waals surface area contributed by atoms with Gasteiger partial charge >= 0.3 is 0 Å². The Labute approximate surface area is 150 Å². The first-order valence-corrected chi connectivity index (χ1v) is 9.33. The van der Waals surface area contributed by atoms with Crippen molar-refractivity contribution in [1.82, 2.24) is 0 Å². The fraction of sp³-hybridized carbons (Fsp3) is 0.833. The topological polar surface area (TPSA) is 0 Å². The van der Waals surface area contributed by atoms with Crippen LogP contribution in [0.25, 0.3) is 0 Å². The summed E-state index contributed by atoms with van der Waals surface area (Å²) in [5.74, 6) is 1.05. The van der Waals surface area contributed by atoms with Crippen molar-refractivity contribution < 1.29 is 0 Å². The lowest BCUT2D eigenvalue weighted by Crippen LogP contribution is -2.46. The second-order valence-electron chi connectivity index (χ2n) is 6.09. The smallest absolute Gasteiger partial charge is 0.109 e. The maximum atomic E-state index is 6.84. The molecule has 0 nitrogen and oxygen atoms in total. The highest BCUT2D eigenvalue weighted by atomic mass is 79.9. The summed E-state index contributed by atoms with van der Waals surface area (Å²) in [6, 6.07) is 0. The average molecular weight is 446 g/mol. The van der Waals surface area contributed by atoms with Gasteiger partial charge in [-0.3, -0.25) is 0 Å². The minimum atomic E-state index is -1.36. The van der Waals surface area contributed by atoms with Gasteiger partial charge in [0, 0.05) is 4.83 Å². The predicted octanol–water partition coefficient (Wildman–Crippen LogP) is 5.87. The molecule has 7 heteroatoms. The van der Waals surface area contributed by atoms with Gasteiger partial charge in [-0.25, -0.2) is 0 Å². The highest BCUT2D eigenvalue weighted by molar-refractivity contribution is 9.09. The molecule has 0 N–H and O–H groups in total. The van der Waals surface area contributed by atoms with Gasteiger partial charge < -0.3 is 0 Å². The molecule has 4 rings (SSSR count). The largest absolute Gasteiger partial charge is 0.166 e. The standard InChI is InChI=1S/C12H9BrCl6/c13-5-2-3-1-4(5)7-6(3)10(16)8(14)9(15)11(7,17)12(10,18)19/h3-7H,1-2H2. The Hall–Kier alpha value is 1.96. The normalized spacial score (nSPS) is 61.1. The lowest BCUT2D eigenvalue weighted by atomic mass is 9.72. The van der Waals surface area contributed by atoms with E-state index in [0.717, 1.165) is 12.8 Å². The van der Waals surface area contributed by atoms with Gasteiger partial charge in [0.1, 0.15) is 9.75 Å². The van der Waals surface area contributed by atoms with Gasteiger partial charge in [-0.1, -0.05) is 62.3 Å². The molecule has 7 unspecified atom stereocenters. The summed E-state index contributed by atoms with van der Waals surface area (Å²) in [6.45, 7) is 0. The van der Waals surface area contributed by atoms with Crippen LogP contribution in [-0.2, 0) is 0 Å². The third-order valence-electron chi connectivity index (χ3n) is 5.59. The Morgan fingerprint density at radius 3 is 2.00 bits per heavy atom. The Kier molecular flexibility index (Phi) is 2.98. The van der Waals surface area contributed by atoms with E-state index in [4.69, 9.17) is 69.6 Å². The number of halogens is 7. The van der Waals surface area contributed by atoms with Crippen molar-refractivity contribution in [3.05, 3.63) is 10.1 Å². The van der Waals surface area contributed by atoms with Crippen molar-refractivity contribution in [2.24, 2.45) is 23.7 Å². The van der Waals surface area contributed by atoms with Gasteiger partial charge in [0.25, 0.3) is 0 Å². The van der Waals surface area contributed by atoms with Crippen LogP contribution in [0, 0.1) is 23.7 Å². The number of fused-ring (bicyclic) bond motifs is 9. The lowest BCUT2D eigenvalue weighted by Gasteiger charge is -2.41. The van der Waals surface area contributed by atoms with E-state index in [1.165, 1.54) is 0 Å². The zero-order chi connectivity index (χ0) is 14.0. The molecule has 7 atom stereocenters. The first-order chi connectivity index (χ1) is 8.69. The molecule has 4 aliphatic rings. The molecular formula is C12H9BrCl6. The number of alkyl halides is 5. The van der Waals surface area contributed by atoms with Gasteiger partial charge in [-0.15, -0.1) is 23.2 Å². The summed E-state index contributed by atoms with van der Waals surface area (Å²) in [6.07, 6.45) is 2.16. The molecule has 0 heterocycles. The molecule has 0 aromatic rings. The molecule has 0 radical (unpaired) electrons. The first kappa shape index (κ1) is 14.5. The molecule has 0 spiro atoms. The zero-order valence-corrected chi connectivity index (χ0v) is 15.6. The van der Waals surface area contributed by atoms with Crippen LogP contribution < -0.4 is 0 Å². The van der Waals surface area contributed by atoms with E-state index >= 15 is 0 Å². The first-order valence-electron chi connectivity index (χ1n) is 6.15. The van der Waals surface area contributed by atoms with Crippen molar-refractivity contribution in [2.45, 2.75) is 31.8 Å². The minimum Gasteiger partial charge on any atom is -0.109 e. The van der Waals surface area contributed by atoms with Gasteiger partial charge in [0.15, 0.2) is 4.33 Å². The van der Waals surface area contributed by atoms with Gasteiger partial charge in [-0.2, -0.15) is 0 Å². The molecule has 0 aromatic heterocycles. The van der Waals surface area contributed by atoms with Crippen LogP contribution in [0.2, 0.25) is 0 Å². The second kappa shape index (κ2) is 3.89. The molecule has 0 saturated heterocycles. The summed E-state index contributed by atoms with van der Waals surface area (Å²) in [4.78, 5) is -1.68. The molecule has 4 aliphatic carbocycles. The monoisotopic (exact) mass is 442 g/mol. The minimum absolute atomic E-state index is 0.0831. The van der Waals surface area contributed by atoms with Crippen LogP contribution in [0.3, 0.4) is 0 Å². The van der Waals surface area contributed by atoms with E-state index in [2.05, 4.69) is 15.9 Å². The van der Waals surface area contributed by atoms with Crippen LogP contribution >= 0.6 is 85.5 Å². The number of hydrogen-bond acceptors (Lipinski definition) is 0. The third kappa shape index (κ3) is 1.24. The van der Waals surface area contributed by atoms with Crippen molar-refractivity contribution >= 4 is 85.5 Å². The molecule has 3 fully saturated rings. The highest BCUT2D eigenvalue weighted by Gasteiger charge is 2.86. The summed E-state index contributed by atoms with van der Waals surface area (Å²) in [5, 5.41) is 0.681. The van der Waals surface area contributed by atoms with Crippen molar-refractivity contribution in [3.63, 3.8) is 0 Å². The van der Waals surface area contributed by atoms with E-state index in [9.17, 15) is 0 Å². The van der Waals surface area contributed by atoms with Crippen molar-refractivity contribution in [1.29, 1.82) is 0 Å². The molecule has 0 amide bonds. The van der Waals surface area contributed by atoms with Crippen LogP contribution in [0.1, 0.15) is 12.8 Å². The SMILES string of the molecule is ClC1=C(Cl)C2(Cl)C3C4CC(CC4Br)C3C1(Cl)C2(Cl)Cl. The fourth-order valence-electron chi connectivity index (χ4n) is 4.97. The van der Waals surface area contributed by atoms with E-state index in [1.807, 2.05) is 0 Å². The lowest BCUT2D eigenvalue weighted by molar-refractivity contribution is 0.226. The third-order valence-corrected chi connectivity index (χ3v) is 10.9. The number of rotatable bonds is 0. The fourth-order valence-corrected chi connectivity index (χ4v) is 9.14. The molecular weight excluding hydrogens is 437 g/mol. The zero-order valence-electron chi connectivity index (χ0n) is 9.45. The van der Waals surface area contributed by atoms with Gasteiger partial charge in [0.05, 0.1) is 10.1 Å². The summed E-state index contributed by atoms with van der Waals surface area (Å²) in [7, 11) is 0. The molecule has 3 saturated carbocycles. The van der Waals surface area contributed by atoms with E-state index < -0.39 is 14.1 Å². The molecule has 0 aliphatic heterocycles. The van der Waals surface area contributed by atoms with Crippen molar-refractivity contribution in [2.75, 3.05) is 0 Å². The van der Waals surface area contributed by atoms with E-state index in [0.29, 0.717) is 26.7 Å². The van der Waals surface area contributed by atoms with Gasteiger partial charge in [-0.05, 0) is 36.5 Å². The highest BCUT2D eigenvalue weighted by Crippen LogP contribution is 2.82. The summed E-state index contributed by atoms with van der Waals surface area (Å²) < 4.78 is -1.36. The Morgan fingerprint density at radius 2 is 1.42 bits per heavy atom. The molecule has 19 heavy (non-hydrogen) atoms. The molecule has 0 aromatic carbocycles. The quantitative estimate of drug-likeness (QED) is 0.323. The number of hydrogen-bond donors (Lipinski definition) is 0. The van der Waals surface area contributed by atoms with Gasteiger partial charge in [0.2, 0.25) is 0 Å². The maximum Gasteiger partial charge on any atom is 0.166 e. The predicted molar refractivity (Wildman–Crippen MR) is 86.2 cm³/mol. The van der Waals surface area contributed by atoms with Crippen LogP contribution in [0.4, 0.5) is 0 Å². The van der Waals surface area contributed by atoms with Crippen LogP contribution in [0.15, 0.2) is 10.1 Å². The van der Waals surface area contributed by atoms with E-state index in [-0.39, 0.29) is 11.8 Å². The maximum absolute atomic E-state index is 6.84. The second-order valence-corrected chi connectivity index (χ2v) is 10.5. The van der Waals surface area contributed by atoms with Crippen LogP contribution in [-0.4, -0.2) is 18.9 Å². The Morgan fingerprint density at radius 1 is 0.895 bits per heavy atom. The molecule has 4 bridgehead atoms.